The van der Waals surface area contributed by atoms with E-state index in [1.54, 1.807) is 36.5 Å². The lowest BCUT2D eigenvalue weighted by atomic mass is 10.2. The average Bonchev–Trinajstić information content (AvgIpc) is 2.63. The summed E-state index contributed by atoms with van der Waals surface area (Å²) >= 11 is 0. The topological polar surface area (TPSA) is 65.2 Å². The molecule has 0 amide bonds. The molecule has 122 valence electrons. The summed E-state index contributed by atoms with van der Waals surface area (Å²) in [6.45, 7) is 0. The van der Waals surface area contributed by atoms with E-state index in [1.165, 1.54) is 12.1 Å². The summed E-state index contributed by atoms with van der Waals surface area (Å²) in [5, 5.41) is -0.180. The number of benzene rings is 2. The summed E-state index contributed by atoms with van der Waals surface area (Å²) < 4.78 is 24.8. The number of ether oxygens (including phenoxy) is 1. The highest BCUT2D eigenvalue weighted by Gasteiger charge is 2.16. The van der Waals surface area contributed by atoms with Crippen LogP contribution in [-0.4, -0.2) is 9.97 Å². The Hall–Kier alpha value is -3.54. The van der Waals surface area contributed by atoms with Crippen LogP contribution in [0.2, 0.25) is 0 Å². The molecule has 0 unspecified atom stereocenters. The van der Waals surface area contributed by atoms with Gasteiger partial charge in [0.05, 0.1) is 11.1 Å². The summed E-state index contributed by atoms with van der Waals surface area (Å²) in [7, 11) is 0. The van der Waals surface area contributed by atoms with Crippen molar-refractivity contribution in [2.24, 2.45) is 0 Å². The summed E-state index contributed by atoms with van der Waals surface area (Å²) in [4.78, 5) is 20.6. The minimum atomic E-state index is -0.799. The normalized spacial score (nSPS) is 10.8. The minimum absolute atomic E-state index is 0.0159. The van der Waals surface area contributed by atoms with Gasteiger partial charge >= 0.3 is 5.63 Å². The van der Waals surface area contributed by atoms with Crippen LogP contribution < -0.4 is 10.4 Å². The first-order valence-corrected chi connectivity index (χ1v) is 7.50. The van der Waals surface area contributed by atoms with E-state index in [0.717, 1.165) is 0 Å². The number of fused-ring (bicyclic) bond motifs is 1. The van der Waals surface area contributed by atoms with Crippen molar-refractivity contribution in [1.82, 2.24) is 9.97 Å². The van der Waals surface area contributed by atoms with Crippen molar-refractivity contribution in [3.63, 3.8) is 0 Å². The molecule has 4 aromatic rings. The molecule has 2 heterocycles. The molecule has 0 aliphatic carbocycles. The molecular weight excluding hydrogens is 323 g/mol. The maximum Gasteiger partial charge on any atom is 0.350 e. The smallest absolute Gasteiger partial charge is 0.350 e. The number of halogens is 1. The Bertz CT molecular complexity index is 1110. The van der Waals surface area contributed by atoms with E-state index in [2.05, 4.69) is 9.97 Å². The van der Waals surface area contributed by atoms with Crippen molar-refractivity contribution >= 4 is 10.9 Å². The largest absolute Gasteiger partial charge is 0.438 e. The van der Waals surface area contributed by atoms with E-state index in [4.69, 9.17) is 9.15 Å². The molecule has 0 N–H and O–H groups in total. The van der Waals surface area contributed by atoms with Gasteiger partial charge in [-0.15, -0.1) is 0 Å². The van der Waals surface area contributed by atoms with E-state index in [-0.39, 0.29) is 22.7 Å². The van der Waals surface area contributed by atoms with Crippen LogP contribution in [0.1, 0.15) is 0 Å². The molecule has 2 aromatic carbocycles. The van der Waals surface area contributed by atoms with Crippen molar-refractivity contribution in [3.8, 4) is 23.1 Å². The van der Waals surface area contributed by atoms with E-state index in [0.29, 0.717) is 11.3 Å². The van der Waals surface area contributed by atoms with Gasteiger partial charge in [0.1, 0.15) is 17.0 Å². The molecule has 0 saturated heterocycles. The van der Waals surface area contributed by atoms with Gasteiger partial charge in [-0.05, 0) is 36.4 Å². The molecule has 0 aliphatic heterocycles. The van der Waals surface area contributed by atoms with Gasteiger partial charge in [-0.1, -0.05) is 24.3 Å². The van der Waals surface area contributed by atoms with Crippen LogP contribution in [0.25, 0.3) is 22.4 Å². The standard InChI is InChI=1S/C19H11FN2O3/c20-14-9-4-10-15-16(14)19(23)25-18(22-15)13-8-5-11-21-17(13)24-12-6-2-1-3-7-12/h1-11H. The van der Waals surface area contributed by atoms with Crippen LogP contribution in [0.3, 0.4) is 0 Å². The van der Waals surface area contributed by atoms with Gasteiger partial charge in [-0.3, -0.25) is 0 Å². The first-order valence-electron chi connectivity index (χ1n) is 7.50. The van der Waals surface area contributed by atoms with Crippen molar-refractivity contribution in [2.45, 2.75) is 0 Å². The van der Waals surface area contributed by atoms with Gasteiger partial charge < -0.3 is 9.15 Å². The predicted octanol–water partition coefficient (Wildman–Crippen LogP) is 4.18. The molecular formula is C19H11FN2O3. The molecule has 0 saturated carbocycles. The van der Waals surface area contributed by atoms with Crippen LogP contribution in [0, 0.1) is 5.82 Å². The molecule has 0 atom stereocenters. The molecule has 0 spiro atoms. The predicted molar refractivity (Wildman–Crippen MR) is 90.0 cm³/mol. The second-order valence-electron chi connectivity index (χ2n) is 5.21. The van der Waals surface area contributed by atoms with Crippen LogP contribution in [0.5, 0.6) is 11.6 Å². The average molecular weight is 334 g/mol. The zero-order valence-electron chi connectivity index (χ0n) is 12.8. The highest BCUT2D eigenvalue weighted by Crippen LogP contribution is 2.30. The Balaban J connectivity index is 1.86. The van der Waals surface area contributed by atoms with Crippen LogP contribution in [0.4, 0.5) is 4.39 Å². The van der Waals surface area contributed by atoms with Gasteiger partial charge in [0.15, 0.2) is 0 Å². The van der Waals surface area contributed by atoms with Crippen molar-refractivity contribution in [3.05, 3.63) is 83.1 Å². The zero-order chi connectivity index (χ0) is 17.2. The Morgan fingerprint density at radius 2 is 1.80 bits per heavy atom. The third-order valence-corrected chi connectivity index (χ3v) is 3.57. The maximum atomic E-state index is 13.8. The fourth-order valence-electron chi connectivity index (χ4n) is 2.43. The Morgan fingerprint density at radius 1 is 0.960 bits per heavy atom. The van der Waals surface area contributed by atoms with Gasteiger partial charge in [0.25, 0.3) is 0 Å². The second kappa shape index (κ2) is 6.16. The molecule has 25 heavy (non-hydrogen) atoms. The third kappa shape index (κ3) is 2.85. The van der Waals surface area contributed by atoms with Crippen LogP contribution in [0.15, 0.2) is 76.1 Å². The summed E-state index contributed by atoms with van der Waals surface area (Å²) in [5.74, 6) is 0.163. The van der Waals surface area contributed by atoms with Crippen molar-refractivity contribution in [2.75, 3.05) is 0 Å². The monoisotopic (exact) mass is 334 g/mol. The van der Waals surface area contributed by atoms with E-state index >= 15 is 0 Å². The number of para-hydroxylation sites is 1. The molecule has 0 fully saturated rings. The highest BCUT2D eigenvalue weighted by molar-refractivity contribution is 5.79. The number of nitrogens with zero attached hydrogens (tertiary/aromatic N) is 2. The summed E-state index contributed by atoms with van der Waals surface area (Å²) in [5.41, 5.74) is -0.192. The first-order chi connectivity index (χ1) is 12.2. The maximum absolute atomic E-state index is 13.8. The second-order valence-corrected chi connectivity index (χ2v) is 5.21. The first kappa shape index (κ1) is 15.0. The number of aromatic nitrogens is 2. The fourth-order valence-corrected chi connectivity index (χ4v) is 2.43. The SMILES string of the molecule is O=c1oc(-c2cccnc2Oc2ccccc2)nc2cccc(F)c12. The van der Waals surface area contributed by atoms with Crippen LogP contribution in [-0.2, 0) is 0 Å². The lowest BCUT2D eigenvalue weighted by molar-refractivity contribution is 0.457. The Labute approximate surface area is 141 Å². The third-order valence-electron chi connectivity index (χ3n) is 3.57. The lowest BCUT2D eigenvalue weighted by Gasteiger charge is -2.09. The van der Waals surface area contributed by atoms with Gasteiger partial charge in [-0.2, -0.15) is 0 Å². The molecule has 5 nitrogen and oxygen atoms in total. The fraction of sp³-hybridized carbons (Fsp3) is 0. The number of pyridine rings is 1. The lowest BCUT2D eigenvalue weighted by Crippen LogP contribution is -2.05. The minimum Gasteiger partial charge on any atom is -0.438 e. The highest BCUT2D eigenvalue weighted by atomic mass is 19.1. The van der Waals surface area contributed by atoms with Crippen molar-refractivity contribution < 1.29 is 13.5 Å². The molecule has 0 aliphatic rings. The van der Waals surface area contributed by atoms with Crippen molar-refractivity contribution in [1.29, 1.82) is 0 Å². The van der Waals surface area contributed by atoms with Crippen LogP contribution >= 0.6 is 0 Å². The molecule has 0 radical (unpaired) electrons. The Morgan fingerprint density at radius 3 is 2.64 bits per heavy atom. The number of rotatable bonds is 3. The molecule has 4 rings (SSSR count). The Kier molecular flexibility index (Phi) is 3.70. The summed E-state index contributed by atoms with van der Waals surface area (Å²) in [6.07, 6.45) is 1.56. The van der Waals surface area contributed by atoms with Gasteiger partial charge in [-0.25, -0.2) is 19.2 Å². The van der Waals surface area contributed by atoms with Gasteiger partial charge in [0, 0.05) is 6.20 Å². The van der Waals surface area contributed by atoms with Gasteiger partial charge in [0.2, 0.25) is 11.8 Å². The quantitative estimate of drug-likeness (QED) is 0.562. The molecule has 2 aromatic heterocycles. The van der Waals surface area contributed by atoms with E-state index in [1.807, 2.05) is 18.2 Å². The van der Waals surface area contributed by atoms with E-state index in [9.17, 15) is 9.18 Å². The number of hydrogen-bond donors (Lipinski definition) is 0. The molecule has 6 heteroatoms. The summed E-state index contributed by atoms with van der Waals surface area (Å²) in [6, 6.07) is 16.6. The molecule has 0 bridgehead atoms. The number of hydrogen-bond acceptors (Lipinski definition) is 5. The van der Waals surface area contributed by atoms with E-state index < -0.39 is 11.4 Å². The zero-order valence-corrected chi connectivity index (χ0v) is 12.8.